The van der Waals surface area contributed by atoms with Crippen LogP contribution in [0.1, 0.15) is 25.5 Å². The highest BCUT2D eigenvalue weighted by Gasteiger charge is 2.19. The quantitative estimate of drug-likeness (QED) is 0.940. The topological polar surface area (TPSA) is 55.0 Å². The fraction of sp³-hybridized carbons (Fsp3) is 0.412. The van der Waals surface area contributed by atoms with Crippen molar-refractivity contribution in [2.24, 2.45) is 5.73 Å². The summed E-state index contributed by atoms with van der Waals surface area (Å²) in [4.78, 5) is 11.6. The van der Waals surface area contributed by atoms with Crippen molar-refractivity contribution in [1.29, 1.82) is 0 Å². The predicted molar refractivity (Wildman–Crippen MR) is 86.3 cm³/mol. The van der Waals surface area contributed by atoms with Gasteiger partial charge >= 0.3 is 0 Å². The minimum absolute atomic E-state index is 0.329. The lowest BCUT2D eigenvalue weighted by atomic mass is 10.0. The van der Waals surface area contributed by atoms with Crippen molar-refractivity contribution in [1.82, 2.24) is 9.97 Å². The van der Waals surface area contributed by atoms with Crippen LogP contribution in [0.25, 0.3) is 11.1 Å². The number of aryl methyl sites for hydroxylation is 1. The van der Waals surface area contributed by atoms with Crippen LogP contribution in [0.2, 0.25) is 0 Å². The average molecular weight is 282 g/mol. The van der Waals surface area contributed by atoms with Gasteiger partial charge in [-0.3, -0.25) is 0 Å². The molecule has 110 valence electrons. The first-order valence-electron chi connectivity index (χ1n) is 7.69. The SMILES string of the molecule is CCc1nc(N2CCC(N)CC2)ncc1-c1ccccc1. The molecule has 4 heteroatoms. The van der Waals surface area contributed by atoms with E-state index < -0.39 is 0 Å². The third-order valence-electron chi connectivity index (χ3n) is 4.10. The predicted octanol–water partition coefficient (Wildman–Crippen LogP) is 2.63. The molecule has 0 bridgehead atoms. The van der Waals surface area contributed by atoms with Crippen molar-refractivity contribution in [3.05, 3.63) is 42.2 Å². The molecule has 1 aliphatic rings. The van der Waals surface area contributed by atoms with E-state index in [4.69, 9.17) is 10.7 Å². The molecule has 0 aliphatic carbocycles. The zero-order chi connectivity index (χ0) is 14.7. The zero-order valence-electron chi connectivity index (χ0n) is 12.5. The first-order chi connectivity index (χ1) is 10.3. The van der Waals surface area contributed by atoms with Gasteiger partial charge in [0.25, 0.3) is 0 Å². The van der Waals surface area contributed by atoms with Crippen LogP contribution in [0.15, 0.2) is 36.5 Å². The van der Waals surface area contributed by atoms with Gasteiger partial charge in [0.1, 0.15) is 0 Å². The maximum absolute atomic E-state index is 5.96. The summed E-state index contributed by atoms with van der Waals surface area (Å²) in [5.74, 6) is 0.846. The molecule has 4 nitrogen and oxygen atoms in total. The van der Waals surface area contributed by atoms with Gasteiger partial charge in [-0.2, -0.15) is 0 Å². The van der Waals surface area contributed by atoms with Gasteiger partial charge in [-0.15, -0.1) is 0 Å². The molecule has 0 spiro atoms. The van der Waals surface area contributed by atoms with Crippen LogP contribution in [-0.2, 0) is 6.42 Å². The number of aromatic nitrogens is 2. The lowest BCUT2D eigenvalue weighted by Crippen LogP contribution is -2.40. The van der Waals surface area contributed by atoms with Gasteiger partial charge in [0.15, 0.2) is 0 Å². The number of benzene rings is 1. The minimum atomic E-state index is 0.329. The molecule has 0 atom stereocenters. The molecule has 21 heavy (non-hydrogen) atoms. The van der Waals surface area contributed by atoms with Crippen LogP contribution in [0.5, 0.6) is 0 Å². The smallest absolute Gasteiger partial charge is 0.225 e. The summed E-state index contributed by atoms with van der Waals surface area (Å²) >= 11 is 0. The molecule has 1 saturated heterocycles. The Morgan fingerprint density at radius 1 is 1.19 bits per heavy atom. The molecule has 0 radical (unpaired) electrons. The van der Waals surface area contributed by atoms with Crippen LogP contribution in [0, 0.1) is 0 Å². The van der Waals surface area contributed by atoms with Gasteiger partial charge in [-0.25, -0.2) is 9.97 Å². The number of anilines is 1. The first kappa shape index (κ1) is 14.0. The van der Waals surface area contributed by atoms with Crippen LogP contribution >= 0.6 is 0 Å². The van der Waals surface area contributed by atoms with E-state index in [-0.39, 0.29) is 0 Å². The Kier molecular flexibility index (Phi) is 4.15. The average Bonchev–Trinajstić information content (AvgIpc) is 2.56. The van der Waals surface area contributed by atoms with Crippen molar-refractivity contribution < 1.29 is 0 Å². The third-order valence-corrected chi connectivity index (χ3v) is 4.10. The van der Waals surface area contributed by atoms with Crippen LogP contribution in [0.4, 0.5) is 5.95 Å². The Morgan fingerprint density at radius 3 is 2.57 bits per heavy atom. The molecular weight excluding hydrogens is 260 g/mol. The van der Waals surface area contributed by atoms with Crippen molar-refractivity contribution in [3.8, 4) is 11.1 Å². The maximum Gasteiger partial charge on any atom is 0.225 e. The fourth-order valence-corrected chi connectivity index (χ4v) is 2.79. The highest BCUT2D eigenvalue weighted by atomic mass is 15.3. The Morgan fingerprint density at radius 2 is 1.90 bits per heavy atom. The van der Waals surface area contributed by atoms with Gasteiger partial charge in [0.2, 0.25) is 5.95 Å². The summed E-state index contributed by atoms with van der Waals surface area (Å²) in [5, 5.41) is 0. The Balaban J connectivity index is 1.89. The number of nitrogens with two attached hydrogens (primary N) is 1. The second-order valence-electron chi connectivity index (χ2n) is 5.57. The lowest BCUT2D eigenvalue weighted by molar-refractivity contribution is 0.495. The molecule has 2 N–H and O–H groups in total. The number of nitrogens with zero attached hydrogens (tertiary/aromatic N) is 3. The largest absolute Gasteiger partial charge is 0.341 e. The fourth-order valence-electron chi connectivity index (χ4n) is 2.79. The van der Waals surface area contributed by atoms with Crippen molar-refractivity contribution in [3.63, 3.8) is 0 Å². The third kappa shape index (κ3) is 3.05. The normalized spacial score (nSPS) is 16.2. The second kappa shape index (κ2) is 6.22. The molecule has 2 heterocycles. The molecule has 1 aromatic heterocycles. The Hall–Kier alpha value is -1.94. The van der Waals surface area contributed by atoms with E-state index in [9.17, 15) is 0 Å². The molecule has 1 aromatic carbocycles. The summed E-state index contributed by atoms with van der Waals surface area (Å²) in [7, 11) is 0. The van der Waals surface area contributed by atoms with Gasteiger partial charge in [-0.1, -0.05) is 37.3 Å². The maximum atomic E-state index is 5.96. The molecule has 2 aromatic rings. The van der Waals surface area contributed by atoms with E-state index in [2.05, 4.69) is 41.1 Å². The minimum Gasteiger partial charge on any atom is -0.341 e. The molecule has 0 amide bonds. The van der Waals surface area contributed by atoms with Crippen molar-refractivity contribution in [2.45, 2.75) is 32.2 Å². The number of hydrogen-bond donors (Lipinski definition) is 1. The van der Waals surface area contributed by atoms with Crippen molar-refractivity contribution in [2.75, 3.05) is 18.0 Å². The molecule has 1 fully saturated rings. The van der Waals surface area contributed by atoms with E-state index in [1.165, 1.54) is 5.56 Å². The van der Waals surface area contributed by atoms with Crippen LogP contribution in [0.3, 0.4) is 0 Å². The molecule has 0 unspecified atom stereocenters. The molecule has 1 aliphatic heterocycles. The van der Waals surface area contributed by atoms with E-state index in [1.807, 2.05) is 12.3 Å². The Bertz CT molecular complexity index is 589. The number of rotatable bonds is 3. The molecular formula is C17H22N4. The van der Waals surface area contributed by atoms with E-state index in [0.717, 1.165) is 49.6 Å². The monoisotopic (exact) mass is 282 g/mol. The summed E-state index contributed by atoms with van der Waals surface area (Å²) in [6, 6.07) is 10.7. The lowest BCUT2D eigenvalue weighted by Gasteiger charge is -2.30. The molecule has 3 rings (SSSR count). The number of hydrogen-bond acceptors (Lipinski definition) is 4. The summed E-state index contributed by atoms with van der Waals surface area (Å²) in [5.41, 5.74) is 9.39. The first-order valence-corrected chi connectivity index (χ1v) is 7.69. The van der Waals surface area contributed by atoms with Crippen LogP contribution in [-0.4, -0.2) is 29.1 Å². The highest BCUT2D eigenvalue weighted by molar-refractivity contribution is 5.65. The summed E-state index contributed by atoms with van der Waals surface area (Å²) in [6.07, 6.45) is 4.91. The van der Waals surface area contributed by atoms with Crippen molar-refractivity contribution >= 4 is 5.95 Å². The zero-order valence-corrected chi connectivity index (χ0v) is 12.5. The van der Waals surface area contributed by atoms with E-state index >= 15 is 0 Å². The van der Waals surface area contributed by atoms with E-state index in [0.29, 0.717) is 6.04 Å². The highest BCUT2D eigenvalue weighted by Crippen LogP contribution is 2.24. The van der Waals surface area contributed by atoms with Crippen LogP contribution < -0.4 is 10.6 Å². The van der Waals surface area contributed by atoms with Gasteiger partial charge in [0, 0.05) is 30.9 Å². The van der Waals surface area contributed by atoms with Gasteiger partial charge in [-0.05, 0) is 24.8 Å². The molecule has 0 saturated carbocycles. The van der Waals surface area contributed by atoms with Gasteiger partial charge < -0.3 is 10.6 Å². The summed E-state index contributed by atoms with van der Waals surface area (Å²) < 4.78 is 0. The second-order valence-corrected chi connectivity index (χ2v) is 5.57. The van der Waals surface area contributed by atoms with E-state index in [1.54, 1.807) is 0 Å². The Labute approximate surface area is 126 Å². The standard InChI is InChI=1S/C17H22N4/c1-2-16-15(13-6-4-3-5-7-13)12-19-17(20-16)21-10-8-14(18)9-11-21/h3-7,12,14H,2,8-11,18H2,1H3. The number of piperidine rings is 1. The van der Waals surface area contributed by atoms with Gasteiger partial charge in [0.05, 0.1) is 5.69 Å². The summed E-state index contributed by atoms with van der Waals surface area (Å²) in [6.45, 7) is 4.05.